The molecule has 23 heavy (non-hydrogen) atoms. The zero-order valence-electron chi connectivity index (χ0n) is 16.3. The van der Waals surface area contributed by atoms with E-state index in [-0.39, 0.29) is 0 Å². The summed E-state index contributed by atoms with van der Waals surface area (Å²) in [6.07, 6.45) is 25.5. The van der Waals surface area contributed by atoms with Gasteiger partial charge in [-0.3, -0.25) is 0 Å². The molecule has 2 rings (SSSR count). The smallest absolute Gasteiger partial charge is 0.00185 e. The van der Waals surface area contributed by atoms with Crippen LogP contribution in [0.15, 0.2) is 60.3 Å². The van der Waals surface area contributed by atoms with E-state index in [9.17, 15) is 0 Å². The van der Waals surface area contributed by atoms with Gasteiger partial charge in [-0.15, -0.1) is 0 Å². The molecule has 0 spiro atoms. The van der Waals surface area contributed by atoms with Crippen molar-refractivity contribution in [3.63, 3.8) is 0 Å². The van der Waals surface area contributed by atoms with Gasteiger partial charge in [0, 0.05) is 5.92 Å². The zero-order valence-corrected chi connectivity index (χ0v) is 16.3. The molecule has 0 N–H and O–H groups in total. The minimum absolute atomic E-state index is 0.556. The van der Waals surface area contributed by atoms with Crippen molar-refractivity contribution in [2.45, 2.75) is 67.2 Å². The molecule has 0 heterocycles. The van der Waals surface area contributed by atoms with Crippen molar-refractivity contribution < 1.29 is 0 Å². The average Bonchev–Trinajstić information content (AvgIpc) is 2.58. The van der Waals surface area contributed by atoms with Crippen LogP contribution in [0.25, 0.3) is 0 Å². The summed E-state index contributed by atoms with van der Waals surface area (Å²) in [5.41, 5.74) is 1.62. The van der Waals surface area contributed by atoms with E-state index in [1.807, 2.05) is 13.8 Å². The SMILES string of the molecule is CC.CCC.CCC=CC1/C=C\C=C/C(CC)C2=CC=CCC21. The van der Waals surface area contributed by atoms with Gasteiger partial charge < -0.3 is 0 Å². The van der Waals surface area contributed by atoms with E-state index in [0.717, 1.165) is 6.42 Å². The summed E-state index contributed by atoms with van der Waals surface area (Å²) in [6, 6.07) is 0. The van der Waals surface area contributed by atoms with E-state index in [1.165, 1.54) is 19.3 Å². The predicted octanol–water partition coefficient (Wildman–Crippen LogP) is 7.67. The molecule has 0 bridgehead atoms. The Balaban J connectivity index is 0.000000868. The van der Waals surface area contributed by atoms with Gasteiger partial charge in [-0.2, -0.15) is 0 Å². The predicted molar refractivity (Wildman–Crippen MR) is 108 cm³/mol. The van der Waals surface area contributed by atoms with Gasteiger partial charge in [0.05, 0.1) is 0 Å². The van der Waals surface area contributed by atoms with E-state index in [0.29, 0.717) is 17.8 Å². The molecule has 0 aliphatic heterocycles. The van der Waals surface area contributed by atoms with Gasteiger partial charge >= 0.3 is 0 Å². The molecule has 0 amide bonds. The lowest BCUT2D eigenvalue weighted by Crippen LogP contribution is -2.20. The molecule has 3 atom stereocenters. The van der Waals surface area contributed by atoms with Gasteiger partial charge in [0.1, 0.15) is 0 Å². The van der Waals surface area contributed by atoms with Crippen molar-refractivity contribution in [1.82, 2.24) is 0 Å². The van der Waals surface area contributed by atoms with Gasteiger partial charge in [-0.25, -0.2) is 0 Å². The summed E-state index contributed by atoms with van der Waals surface area (Å²) in [7, 11) is 0. The highest BCUT2D eigenvalue weighted by molar-refractivity contribution is 5.32. The van der Waals surface area contributed by atoms with Crippen LogP contribution in [-0.4, -0.2) is 0 Å². The molecule has 0 aromatic heterocycles. The fraction of sp³-hybridized carbons (Fsp3) is 0.565. The van der Waals surface area contributed by atoms with E-state index in [1.54, 1.807) is 5.57 Å². The number of rotatable bonds is 3. The van der Waals surface area contributed by atoms with Crippen LogP contribution in [-0.2, 0) is 0 Å². The fourth-order valence-corrected chi connectivity index (χ4v) is 2.94. The average molecular weight is 315 g/mol. The third-order valence-corrected chi connectivity index (χ3v) is 3.96. The molecule has 0 saturated heterocycles. The molecule has 0 nitrogen and oxygen atoms in total. The van der Waals surface area contributed by atoms with Crippen molar-refractivity contribution in [3.8, 4) is 0 Å². The second-order valence-electron chi connectivity index (χ2n) is 5.84. The molecule has 130 valence electrons. The standard InChI is InChI=1S/C18H24.C3H8.C2H6/c1-3-5-10-16-12-7-6-11-15(4-2)17-13-8-9-14-18(16)17;1-3-2;1-2/h5-13,15-16,18H,3-4,14H2,1-2H3;3H2,1-2H3;1-2H3/b10-5?,11-6-,12-7-;;. The van der Waals surface area contributed by atoms with Crippen LogP contribution in [0.4, 0.5) is 0 Å². The van der Waals surface area contributed by atoms with Gasteiger partial charge in [0.2, 0.25) is 0 Å². The topological polar surface area (TPSA) is 0 Å². The Labute approximate surface area is 145 Å². The molecule has 0 aromatic carbocycles. The first-order valence-electron chi connectivity index (χ1n) is 9.66. The van der Waals surface area contributed by atoms with E-state index >= 15 is 0 Å². The molecule has 0 saturated carbocycles. The Bertz CT molecular complexity index is 417. The number of hydrogen-bond acceptors (Lipinski definition) is 0. The van der Waals surface area contributed by atoms with E-state index in [2.05, 4.69) is 82.4 Å². The summed E-state index contributed by atoms with van der Waals surface area (Å²) in [4.78, 5) is 0. The second kappa shape index (κ2) is 14.3. The maximum atomic E-state index is 2.39. The van der Waals surface area contributed by atoms with Crippen molar-refractivity contribution in [1.29, 1.82) is 0 Å². The monoisotopic (exact) mass is 314 g/mol. The molecule has 0 aromatic rings. The minimum Gasteiger partial charge on any atom is -0.0882 e. The van der Waals surface area contributed by atoms with E-state index < -0.39 is 0 Å². The third-order valence-electron chi connectivity index (χ3n) is 3.96. The Morgan fingerprint density at radius 3 is 2.26 bits per heavy atom. The van der Waals surface area contributed by atoms with Gasteiger partial charge in [-0.05, 0) is 31.1 Å². The first-order chi connectivity index (χ1) is 11.3. The molecule has 3 unspecified atom stereocenters. The number of hydrogen-bond donors (Lipinski definition) is 0. The van der Waals surface area contributed by atoms with Crippen molar-refractivity contribution >= 4 is 0 Å². The lowest BCUT2D eigenvalue weighted by molar-refractivity contribution is 0.473. The Hall–Kier alpha value is -1.30. The summed E-state index contributed by atoms with van der Waals surface area (Å²) in [6.45, 7) is 12.7. The summed E-state index contributed by atoms with van der Waals surface area (Å²) in [5.74, 6) is 1.83. The molecule has 0 fully saturated rings. The molecule has 2 aliphatic carbocycles. The highest BCUT2D eigenvalue weighted by atomic mass is 14.3. The summed E-state index contributed by atoms with van der Waals surface area (Å²) < 4.78 is 0. The Kier molecular flexibility index (Phi) is 13.5. The minimum atomic E-state index is 0.556. The van der Waals surface area contributed by atoms with Crippen LogP contribution in [0, 0.1) is 17.8 Å². The molecule has 0 heteroatoms. The largest absolute Gasteiger partial charge is 0.0882 e. The third kappa shape index (κ3) is 7.68. The molecular formula is C23H38. The maximum Gasteiger partial charge on any atom is 0.00185 e. The van der Waals surface area contributed by atoms with E-state index in [4.69, 9.17) is 0 Å². The highest BCUT2D eigenvalue weighted by Gasteiger charge is 2.26. The Morgan fingerprint density at radius 2 is 1.65 bits per heavy atom. The van der Waals surface area contributed by atoms with Crippen molar-refractivity contribution in [2.24, 2.45) is 17.8 Å². The van der Waals surface area contributed by atoms with Crippen molar-refractivity contribution in [2.75, 3.05) is 0 Å². The Morgan fingerprint density at radius 1 is 1.00 bits per heavy atom. The maximum absolute atomic E-state index is 2.39. The van der Waals surface area contributed by atoms with Crippen LogP contribution < -0.4 is 0 Å². The quantitative estimate of drug-likeness (QED) is 0.469. The van der Waals surface area contributed by atoms with Crippen LogP contribution in [0.2, 0.25) is 0 Å². The van der Waals surface area contributed by atoms with Gasteiger partial charge in [-0.1, -0.05) is 108 Å². The second-order valence-corrected chi connectivity index (χ2v) is 5.84. The first kappa shape index (κ1) is 21.7. The first-order valence-corrected chi connectivity index (χ1v) is 9.66. The van der Waals surface area contributed by atoms with Crippen molar-refractivity contribution in [3.05, 3.63) is 60.3 Å². The van der Waals surface area contributed by atoms with Gasteiger partial charge in [0.25, 0.3) is 0 Å². The lowest BCUT2D eigenvalue weighted by atomic mass is 9.73. The van der Waals surface area contributed by atoms with Crippen LogP contribution >= 0.6 is 0 Å². The lowest BCUT2D eigenvalue weighted by Gasteiger charge is -2.31. The zero-order chi connectivity index (χ0) is 17.5. The summed E-state index contributed by atoms with van der Waals surface area (Å²) in [5, 5.41) is 0. The molecule has 2 aliphatic rings. The molecular weight excluding hydrogens is 276 g/mol. The molecule has 0 radical (unpaired) electrons. The van der Waals surface area contributed by atoms with Crippen LogP contribution in [0.1, 0.15) is 67.2 Å². The van der Waals surface area contributed by atoms with Crippen LogP contribution in [0.3, 0.4) is 0 Å². The summed E-state index contributed by atoms with van der Waals surface area (Å²) >= 11 is 0. The highest BCUT2D eigenvalue weighted by Crippen LogP contribution is 2.37. The van der Waals surface area contributed by atoms with Crippen LogP contribution in [0.5, 0.6) is 0 Å². The fourth-order valence-electron chi connectivity index (χ4n) is 2.94. The normalized spacial score (nSPS) is 28.1. The number of allylic oxidation sites excluding steroid dienone is 10. The van der Waals surface area contributed by atoms with Gasteiger partial charge in [0.15, 0.2) is 0 Å². The number of fused-ring (bicyclic) bond motifs is 1.